The molecule has 0 aliphatic carbocycles. The highest BCUT2D eigenvalue weighted by atomic mass is 16.5. The van der Waals surface area contributed by atoms with E-state index in [4.69, 9.17) is 9.47 Å². The minimum Gasteiger partial charge on any atom is -0.461 e. The third-order valence-electron chi connectivity index (χ3n) is 2.51. The molecule has 3 heteroatoms. The smallest absolute Gasteiger partial charge is 0.170 e. The van der Waals surface area contributed by atoms with E-state index in [2.05, 4.69) is 24.6 Å². The van der Waals surface area contributed by atoms with Gasteiger partial charge >= 0.3 is 0 Å². The van der Waals surface area contributed by atoms with Crippen LogP contribution in [0.4, 0.5) is 0 Å². The first-order valence-electron chi connectivity index (χ1n) is 7.10. The Labute approximate surface area is 142 Å². The SMILES string of the molecule is C=C=CC=CC=COc1ccc(C=O)cc1OC=C=CC=CC=C. The lowest BCUT2D eigenvalue weighted by molar-refractivity contribution is 0.112. The van der Waals surface area contributed by atoms with Crippen molar-refractivity contribution in [2.24, 2.45) is 0 Å². The Hall–Kier alpha value is -3.51. The third kappa shape index (κ3) is 7.48. The molecule has 0 radical (unpaired) electrons. The number of ether oxygens (including phenoxy) is 2. The van der Waals surface area contributed by atoms with Crippen molar-refractivity contribution in [3.8, 4) is 11.5 Å². The van der Waals surface area contributed by atoms with E-state index >= 15 is 0 Å². The maximum Gasteiger partial charge on any atom is 0.170 e. The number of carbonyl (C=O) groups excluding carboxylic acids is 1. The summed E-state index contributed by atoms with van der Waals surface area (Å²) in [6.07, 6.45) is 17.4. The maximum atomic E-state index is 10.9. The van der Waals surface area contributed by atoms with Gasteiger partial charge in [-0.1, -0.05) is 49.3 Å². The molecule has 0 unspecified atom stereocenters. The highest BCUT2D eigenvalue weighted by Crippen LogP contribution is 2.28. The zero-order chi connectivity index (χ0) is 17.5. The third-order valence-corrected chi connectivity index (χ3v) is 2.51. The van der Waals surface area contributed by atoms with Crippen LogP contribution in [0.25, 0.3) is 0 Å². The van der Waals surface area contributed by atoms with Crippen molar-refractivity contribution in [3.63, 3.8) is 0 Å². The molecule has 0 saturated heterocycles. The second kappa shape index (κ2) is 12.1. The second-order valence-electron chi connectivity index (χ2n) is 4.22. The number of carbonyl (C=O) groups is 1. The largest absolute Gasteiger partial charge is 0.461 e. The molecule has 3 nitrogen and oxygen atoms in total. The lowest BCUT2D eigenvalue weighted by atomic mass is 10.2. The first-order chi connectivity index (χ1) is 11.8. The number of hydrogen-bond donors (Lipinski definition) is 0. The zero-order valence-electron chi connectivity index (χ0n) is 13.2. The highest BCUT2D eigenvalue weighted by Gasteiger charge is 2.04. The molecule has 0 spiro atoms. The number of rotatable bonds is 9. The van der Waals surface area contributed by atoms with Gasteiger partial charge in [0.1, 0.15) is 12.5 Å². The van der Waals surface area contributed by atoms with Gasteiger partial charge in [0, 0.05) is 5.56 Å². The van der Waals surface area contributed by atoms with E-state index in [1.54, 1.807) is 66.8 Å². The molecule has 0 amide bonds. The van der Waals surface area contributed by atoms with Crippen LogP contribution in [-0.2, 0) is 0 Å². The van der Waals surface area contributed by atoms with Crippen LogP contribution in [0.5, 0.6) is 11.5 Å². The predicted octanol–water partition coefficient (Wildman–Crippen LogP) is 5.08. The summed E-state index contributed by atoms with van der Waals surface area (Å²) >= 11 is 0. The Kier molecular flexibility index (Phi) is 9.33. The molecule has 120 valence electrons. The molecule has 0 saturated carbocycles. The average molecular weight is 318 g/mol. The Balaban J connectivity index is 2.85. The van der Waals surface area contributed by atoms with Crippen molar-refractivity contribution in [2.45, 2.75) is 0 Å². The van der Waals surface area contributed by atoms with Gasteiger partial charge < -0.3 is 9.47 Å². The molecule has 1 aromatic rings. The van der Waals surface area contributed by atoms with Crippen molar-refractivity contribution < 1.29 is 14.3 Å². The van der Waals surface area contributed by atoms with Crippen molar-refractivity contribution >= 4 is 6.29 Å². The van der Waals surface area contributed by atoms with Crippen LogP contribution in [0.2, 0.25) is 0 Å². The summed E-state index contributed by atoms with van der Waals surface area (Å²) < 4.78 is 11.0. The van der Waals surface area contributed by atoms with E-state index in [1.807, 2.05) is 0 Å². The monoisotopic (exact) mass is 318 g/mol. The Morgan fingerprint density at radius 2 is 1.79 bits per heavy atom. The van der Waals surface area contributed by atoms with Gasteiger partial charge in [-0.25, -0.2) is 0 Å². The van der Waals surface area contributed by atoms with Gasteiger partial charge in [0.2, 0.25) is 0 Å². The molecule has 0 N–H and O–H groups in total. The summed E-state index contributed by atoms with van der Waals surface area (Å²) in [7, 11) is 0. The van der Waals surface area contributed by atoms with Gasteiger partial charge in [0.15, 0.2) is 11.5 Å². The van der Waals surface area contributed by atoms with Gasteiger partial charge in [-0.15, -0.1) is 5.73 Å². The van der Waals surface area contributed by atoms with E-state index in [9.17, 15) is 4.79 Å². The minimum atomic E-state index is 0.410. The van der Waals surface area contributed by atoms with Crippen molar-refractivity contribution in [3.05, 3.63) is 110 Å². The minimum absolute atomic E-state index is 0.410. The summed E-state index contributed by atoms with van der Waals surface area (Å²) in [6, 6.07) is 4.89. The molecule has 0 fully saturated rings. The zero-order valence-corrected chi connectivity index (χ0v) is 13.2. The van der Waals surface area contributed by atoms with Crippen LogP contribution in [0.15, 0.2) is 104 Å². The molecule has 0 heterocycles. The molecule has 1 rings (SSSR count). The molecule has 0 aromatic heterocycles. The summed E-state index contributed by atoms with van der Waals surface area (Å²) in [5.41, 5.74) is 5.94. The molecule has 1 aromatic carbocycles. The van der Waals surface area contributed by atoms with E-state index in [0.717, 1.165) is 6.29 Å². The van der Waals surface area contributed by atoms with Crippen molar-refractivity contribution in [2.75, 3.05) is 0 Å². The summed E-state index contributed by atoms with van der Waals surface area (Å²) in [5, 5.41) is 0. The molecule has 24 heavy (non-hydrogen) atoms. The summed E-state index contributed by atoms with van der Waals surface area (Å²) in [6.45, 7) is 7.02. The van der Waals surface area contributed by atoms with Crippen LogP contribution in [-0.4, -0.2) is 6.29 Å². The molecular formula is C21H18O3. The fourth-order valence-electron chi connectivity index (χ4n) is 1.46. The number of aldehydes is 1. The average Bonchev–Trinajstić information content (AvgIpc) is 2.61. The van der Waals surface area contributed by atoms with Crippen LogP contribution in [0, 0.1) is 0 Å². The van der Waals surface area contributed by atoms with Gasteiger partial charge in [-0.2, -0.15) is 0 Å². The van der Waals surface area contributed by atoms with E-state index < -0.39 is 0 Å². The van der Waals surface area contributed by atoms with Gasteiger partial charge in [-0.05, 0) is 36.4 Å². The highest BCUT2D eigenvalue weighted by molar-refractivity contribution is 5.76. The van der Waals surface area contributed by atoms with Crippen LogP contribution in [0.3, 0.4) is 0 Å². The fourth-order valence-corrected chi connectivity index (χ4v) is 1.46. The molecular weight excluding hydrogens is 300 g/mol. The molecule has 0 bridgehead atoms. The van der Waals surface area contributed by atoms with Crippen LogP contribution >= 0.6 is 0 Å². The normalized spacial score (nSPS) is 10.2. The number of hydrogen-bond acceptors (Lipinski definition) is 3. The maximum absolute atomic E-state index is 10.9. The molecule has 0 aliphatic heterocycles. The van der Waals surface area contributed by atoms with E-state index in [0.29, 0.717) is 17.1 Å². The fraction of sp³-hybridized carbons (Fsp3) is 0. The second-order valence-corrected chi connectivity index (χ2v) is 4.22. The first-order valence-corrected chi connectivity index (χ1v) is 7.10. The Morgan fingerprint density at radius 3 is 2.54 bits per heavy atom. The summed E-state index contributed by atoms with van der Waals surface area (Å²) in [4.78, 5) is 10.9. The van der Waals surface area contributed by atoms with Crippen LogP contribution < -0.4 is 9.47 Å². The van der Waals surface area contributed by atoms with Gasteiger partial charge in [-0.3, -0.25) is 4.79 Å². The molecule has 0 atom stereocenters. The Bertz CT molecular complexity index is 751. The van der Waals surface area contributed by atoms with Crippen molar-refractivity contribution in [1.29, 1.82) is 0 Å². The lowest BCUT2D eigenvalue weighted by Gasteiger charge is -2.07. The predicted molar refractivity (Wildman–Crippen MR) is 97.1 cm³/mol. The standard InChI is InChI=1S/C21H18O3/c1-3-5-7-9-11-15-23-20-14-13-19(18-22)17-21(20)24-16-12-10-8-6-4-2/h4-11,13-18H,1-2H2. The van der Waals surface area contributed by atoms with Gasteiger partial charge in [0.05, 0.1) is 6.26 Å². The van der Waals surface area contributed by atoms with E-state index in [1.165, 1.54) is 12.5 Å². The Morgan fingerprint density at radius 1 is 0.958 bits per heavy atom. The number of allylic oxidation sites excluding steroid dienone is 8. The molecule has 0 aliphatic rings. The lowest BCUT2D eigenvalue weighted by Crippen LogP contribution is -1.90. The quantitative estimate of drug-likeness (QED) is 0.276. The van der Waals surface area contributed by atoms with Crippen LogP contribution in [0.1, 0.15) is 10.4 Å². The van der Waals surface area contributed by atoms with E-state index in [-0.39, 0.29) is 0 Å². The van der Waals surface area contributed by atoms with Gasteiger partial charge in [0.25, 0.3) is 0 Å². The van der Waals surface area contributed by atoms with Crippen molar-refractivity contribution in [1.82, 2.24) is 0 Å². The number of benzene rings is 1. The first kappa shape index (κ1) is 18.5. The topological polar surface area (TPSA) is 35.5 Å². The summed E-state index contributed by atoms with van der Waals surface area (Å²) in [5.74, 6) is 0.886.